The number of hydrogen-bond acceptors (Lipinski definition) is 6. The molecule has 3 aromatic rings. The van der Waals surface area contributed by atoms with E-state index in [0.29, 0.717) is 17.0 Å². The number of H-pyrrole nitrogens is 2. The molecule has 0 saturated carbocycles. The third-order valence-corrected chi connectivity index (χ3v) is 6.40. The molecule has 28 heavy (non-hydrogen) atoms. The molecule has 2 aromatic carbocycles. The maximum atomic E-state index is 13.1. The second kappa shape index (κ2) is 6.80. The van der Waals surface area contributed by atoms with Gasteiger partial charge in [0.2, 0.25) is 16.8 Å². The first kappa shape index (κ1) is 18.3. The Bertz CT molecular complexity index is 1280. The highest BCUT2D eigenvalue weighted by Crippen LogP contribution is 2.33. The molecule has 4 rings (SSSR count). The molecule has 0 saturated heterocycles. The van der Waals surface area contributed by atoms with Gasteiger partial charge in [0, 0.05) is 13.1 Å². The number of aromatic amines is 2. The predicted molar refractivity (Wildman–Crippen MR) is 101 cm³/mol. The van der Waals surface area contributed by atoms with Gasteiger partial charge in [0.05, 0.1) is 15.9 Å². The van der Waals surface area contributed by atoms with Crippen LogP contribution >= 0.6 is 0 Å². The van der Waals surface area contributed by atoms with E-state index in [-0.39, 0.29) is 30.3 Å². The quantitative estimate of drug-likeness (QED) is 0.617. The average Bonchev–Trinajstić information content (AvgIpc) is 3.14. The number of sulfonamides is 1. The lowest BCUT2D eigenvalue weighted by molar-refractivity contribution is 0.174. The molecule has 9 nitrogen and oxygen atoms in total. The zero-order valence-corrected chi connectivity index (χ0v) is 15.7. The third kappa shape index (κ3) is 3.16. The average molecular weight is 403 g/mol. The molecule has 10 heteroatoms. The van der Waals surface area contributed by atoms with Crippen LogP contribution in [0.25, 0.3) is 11.0 Å². The minimum atomic E-state index is -3.83. The first-order valence-corrected chi connectivity index (χ1v) is 9.97. The van der Waals surface area contributed by atoms with Gasteiger partial charge in [0.25, 0.3) is 0 Å². The van der Waals surface area contributed by atoms with Gasteiger partial charge >= 0.3 is 11.1 Å². The molecule has 0 fully saturated rings. The maximum absolute atomic E-state index is 13.1. The van der Waals surface area contributed by atoms with Crippen LogP contribution in [0.5, 0.6) is 11.5 Å². The molecular formula is C18H17N3O6S. The minimum Gasteiger partial charge on any atom is -0.454 e. The molecule has 2 N–H and O–H groups in total. The number of aromatic nitrogens is 2. The molecule has 0 aliphatic carbocycles. The SMILES string of the molecule is CCN(Cc1ccc2c(c1)OCO2)S(=O)(=O)c1ccc2[nH]c(=O)c(=O)[nH]c2c1. The molecule has 0 amide bonds. The van der Waals surface area contributed by atoms with Crippen LogP contribution in [0.2, 0.25) is 0 Å². The van der Waals surface area contributed by atoms with Crippen LogP contribution in [0.4, 0.5) is 0 Å². The van der Waals surface area contributed by atoms with Crippen LogP contribution in [0.15, 0.2) is 50.9 Å². The molecule has 146 valence electrons. The fraction of sp³-hybridized carbons (Fsp3) is 0.222. The summed E-state index contributed by atoms with van der Waals surface area (Å²) in [6.45, 7) is 2.28. The van der Waals surface area contributed by atoms with E-state index < -0.39 is 21.1 Å². The van der Waals surface area contributed by atoms with Gasteiger partial charge < -0.3 is 19.4 Å². The lowest BCUT2D eigenvalue weighted by Gasteiger charge is -2.21. The molecule has 1 aromatic heterocycles. The van der Waals surface area contributed by atoms with Crippen molar-refractivity contribution >= 4 is 21.1 Å². The first-order chi connectivity index (χ1) is 13.4. The zero-order valence-electron chi connectivity index (χ0n) is 14.9. The van der Waals surface area contributed by atoms with E-state index in [2.05, 4.69) is 9.97 Å². The fourth-order valence-electron chi connectivity index (χ4n) is 3.01. The molecule has 0 atom stereocenters. The lowest BCUT2D eigenvalue weighted by atomic mass is 10.2. The minimum absolute atomic E-state index is 0.0188. The van der Waals surface area contributed by atoms with Crippen LogP contribution in [0, 0.1) is 0 Å². The Morgan fingerprint density at radius 3 is 2.43 bits per heavy atom. The summed E-state index contributed by atoms with van der Waals surface area (Å²) in [7, 11) is -3.83. The number of nitrogens with zero attached hydrogens (tertiary/aromatic N) is 1. The number of ether oxygens (including phenoxy) is 2. The summed E-state index contributed by atoms with van der Waals surface area (Å²) in [6.07, 6.45) is 0. The van der Waals surface area contributed by atoms with Crippen LogP contribution in [-0.4, -0.2) is 36.0 Å². The van der Waals surface area contributed by atoms with Crippen LogP contribution in [0.1, 0.15) is 12.5 Å². The molecule has 0 unspecified atom stereocenters. The number of nitrogens with one attached hydrogen (secondary N) is 2. The van der Waals surface area contributed by atoms with Gasteiger partial charge in [0.15, 0.2) is 11.5 Å². The van der Waals surface area contributed by atoms with Crippen molar-refractivity contribution in [2.75, 3.05) is 13.3 Å². The molecule has 0 radical (unpaired) electrons. The van der Waals surface area contributed by atoms with Crippen molar-refractivity contribution in [2.24, 2.45) is 0 Å². The summed E-state index contributed by atoms with van der Waals surface area (Å²) in [6, 6.07) is 9.47. The topological polar surface area (TPSA) is 122 Å². The highest BCUT2D eigenvalue weighted by molar-refractivity contribution is 7.89. The summed E-state index contributed by atoms with van der Waals surface area (Å²) in [5, 5.41) is 0. The van der Waals surface area contributed by atoms with Crippen LogP contribution in [0.3, 0.4) is 0 Å². The fourth-order valence-corrected chi connectivity index (χ4v) is 4.48. The number of hydrogen-bond donors (Lipinski definition) is 2. The monoisotopic (exact) mass is 403 g/mol. The molecule has 1 aliphatic rings. The highest BCUT2D eigenvalue weighted by atomic mass is 32.2. The lowest BCUT2D eigenvalue weighted by Crippen LogP contribution is -2.31. The van der Waals surface area contributed by atoms with Crippen molar-refractivity contribution < 1.29 is 17.9 Å². The zero-order chi connectivity index (χ0) is 19.9. The molecular weight excluding hydrogens is 386 g/mol. The van der Waals surface area contributed by atoms with Gasteiger partial charge in [-0.2, -0.15) is 4.31 Å². The Hall–Kier alpha value is -3.11. The number of benzene rings is 2. The summed E-state index contributed by atoms with van der Waals surface area (Å²) in [5.41, 5.74) is -0.281. The van der Waals surface area contributed by atoms with Crippen LogP contribution < -0.4 is 20.6 Å². The van der Waals surface area contributed by atoms with E-state index in [9.17, 15) is 18.0 Å². The Morgan fingerprint density at radius 1 is 0.964 bits per heavy atom. The van der Waals surface area contributed by atoms with E-state index in [1.54, 1.807) is 25.1 Å². The van der Waals surface area contributed by atoms with Gasteiger partial charge in [0.1, 0.15) is 0 Å². The van der Waals surface area contributed by atoms with Crippen molar-refractivity contribution in [3.05, 3.63) is 62.7 Å². The van der Waals surface area contributed by atoms with Crippen molar-refractivity contribution in [1.29, 1.82) is 0 Å². The van der Waals surface area contributed by atoms with E-state index in [1.807, 2.05) is 0 Å². The van der Waals surface area contributed by atoms with Gasteiger partial charge in [-0.05, 0) is 35.9 Å². The van der Waals surface area contributed by atoms with E-state index >= 15 is 0 Å². The molecule has 0 spiro atoms. The van der Waals surface area contributed by atoms with Crippen molar-refractivity contribution in [3.8, 4) is 11.5 Å². The van der Waals surface area contributed by atoms with E-state index in [0.717, 1.165) is 5.56 Å². The summed E-state index contributed by atoms with van der Waals surface area (Å²) < 4.78 is 38.1. The van der Waals surface area contributed by atoms with Gasteiger partial charge in [-0.3, -0.25) is 9.59 Å². The van der Waals surface area contributed by atoms with Gasteiger partial charge in [-0.15, -0.1) is 0 Å². The van der Waals surface area contributed by atoms with Crippen molar-refractivity contribution in [2.45, 2.75) is 18.4 Å². The Morgan fingerprint density at radius 2 is 1.68 bits per heavy atom. The molecule has 2 heterocycles. The normalized spacial score (nSPS) is 13.4. The van der Waals surface area contributed by atoms with Gasteiger partial charge in [-0.1, -0.05) is 13.0 Å². The summed E-state index contributed by atoms with van der Waals surface area (Å²) >= 11 is 0. The summed E-state index contributed by atoms with van der Waals surface area (Å²) in [5.74, 6) is 1.21. The summed E-state index contributed by atoms with van der Waals surface area (Å²) in [4.78, 5) is 27.8. The maximum Gasteiger partial charge on any atom is 0.314 e. The standard InChI is InChI=1S/C18H17N3O6S/c1-2-21(9-11-3-6-15-16(7-11)27-10-26-15)28(24,25)12-4-5-13-14(8-12)20-18(23)17(22)19-13/h3-8H,2,9-10H2,1H3,(H,19,22)(H,20,23). The van der Waals surface area contributed by atoms with Crippen molar-refractivity contribution in [3.63, 3.8) is 0 Å². The van der Waals surface area contributed by atoms with E-state index in [4.69, 9.17) is 9.47 Å². The smallest absolute Gasteiger partial charge is 0.314 e. The van der Waals surface area contributed by atoms with Crippen LogP contribution in [-0.2, 0) is 16.6 Å². The second-order valence-corrected chi connectivity index (χ2v) is 8.17. The second-order valence-electron chi connectivity index (χ2n) is 6.23. The Kier molecular flexibility index (Phi) is 4.44. The molecule has 1 aliphatic heterocycles. The Labute approximate surface area is 159 Å². The molecule has 0 bridgehead atoms. The predicted octanol–water partition coefficient (Wildman–Crippen LogP) is 1.16. The largest absolute Gasteiger partial charge is 0.454 e. The third-order valence-electron chi connectivity index (χ3n) is 4.48. The van der Waals surface area contributed by atoms with Gasteiger partial charge in [-0.25, -0.2) is 8.42 Å². The van der Waals surface area contributed by atoms with Crippen molar-refractivity contribution in [1.82, 2.24) is 14.3 Å². The number of fused-ring (bicyclic) bond motifs is 2. The number of rotatable bonds is 5. The Balaban J connectivity index is 1.69. The highest BCUT2D eigenvalue weighted by Gasteiger charge is 2.25. The first-order valence-electron chi connectivity index (χ1n) is 8.53. The van der Waals surface area contributed by atoms with E-state index in [1.165, 1.54) is 22.5 Å².